The van der Waals surface area contributed by atoms with E-state index in [2.05, 4.69) is 26.1 Å². The number of hydrogen-bond donors (Lipinski definition) is 0. The van der Waals surface area contributed by atoms with Crippen molar-refractivity contribution in [2.24, 2.45) is 0 Å². The number of ketones is 1. The van der Waals surface area contributed by atoms with Crippen LogP contribution in [0.4, 0.5) is 4.39 Å². The van der Waals surface area contributed by atoms with Crippen molar-refractivity contribution in [3.8, 4) is 11.4 Å². The molecule has 1 aromatic carbocycles. The number of carbonyl (C=O) groups excluding carboxylic acids is 1. The Balaban J connectivity index is 2.33. The summed E-state index contributed by atoms with van der Waals surface area (Å²) in [5, 5.41) is 3.70. The van der Waals surface area contributed by atoms with Crippen molar-refractivity contribution in [3.63, 3.8) is 0 Å². The number of rotatable bonds is 3. The quantitative estimate of drug-likeness (QED) is 0.874. The summed E-state index contributed by atoms with van der Waals surface area (Å²) < 4.78 is 18.6. The maximum atomic E-state index is 13.2. The van der Waals surface area contributed by atoms with Crippen molar-refractivity contribution < 1.29 is 13.7 Å². The van der Waals surface area contributed by atoms with E-state index in [1.807, 2.05) is 0 Å². The van der Waals surface area contributed by atoms with Crippen LogP contribution >= 0.6 is 15.9 Å². The maximum absolute atomic E-state index is 13.2. The fraction of sp³-hybridized carbons (Fsp3) is 0.182. The lowest BCUT2D eigenvalue weighted by Gasteiger charge is -1.96. The molecule has 4 nitrogen and oxygen atoms in total. The Kier molecular flexibility index (Phi) is 3.33. The lowest BCUT2D eigenvalue weighted by Crippen LogP contribution is -1.96. The Labute approximate surface area is 105 Å². The average molecular weight is 299 g/mol. The van der Waals surface area contributed by atoms with Gasteiger partial charge in [-0.05, 0) is 25.1 Å². The van der Waals surface area contributed by atoms with E-state index >= 15 is 0 Å². The summed E-state index contributed by atoms with van der Waals surface area (Å²) in [6.45, 7) is 1.43. The summed E-state index contributed by atoms with van der Waals surface area (Å²) >= 11 is 3.18. The smallest absolute Gasteiger partial charge is 0.234 e. The Morgan fingerprint density at radius 1 is 1.47 bits per heavy atom. The molecule has 0 aliphatic carbocycles. The van der Waals surface area contributed by atoms with Gasteiger partial charge in [-0.25, -0.2) is 4.39 Å². The van der Waals surface area contributed by atoms with E-state index in [1.165, 1.54) is 19.1 Å². The van der Waals surface area contributed by atoms with Crippen LogP contribution in [0.25, 0.3) is 11.4 Å². The Morgan fingerprint density at radius 3 is 2.88 bits per heavy atom. The van der Waals surface area contributed by atoms with Crippen LogP contribution in [0.15, 0.2) is 27.2 Å². The number of Topliss-reactive ketones (excluding diaryl/α,β-unsaturated/α-hetero) is 1. The van der Waals surface area contributed by atoms with Crippen molar-refractivity contribution in [1.82, 2.24) is 10.1 Å². The molecule has 0 N–H and O–H groups in total. The molecule has 0 unspecified atom stereocenters. The van der Waals surface area contributed by atoms with Gasteiger partial charge in [-0.2, -0.15) is 4.98 Å². The monoisotopic (exact) mass is 298 g/mol. The first-order valence-corrected chi connectivity index (χ1v) is 5.62. The summed E-state index contributed by atoms with van der Waals surface area (Å²) in [6.07, 6.45) is 0.0868. The third-order valence-electron chi connectivity index (χ3n) is 1.99. The predicted octanol–water partition coefficient (Wildman–Crippen LogP) is 2.77. The van der Waals surface area contributed by atoms with E-state index in [0.717, 1.165) is 0 Å². The minimum Gasteiger partial charge on any atom is -0.339 e. The van der Waals surface area contributed by atoms with Crippen molar-refractivity contribution in [3.05, 3.63) is 34.4 Å². The highest BCUT2D eigenvalue weighted by atomic mass is 79.9. The highest BCUT2D eigenvalue weighted by Gasteiger charge is 2.11. The molecular formula is C11H8BrFN2O2. The topological polar surface area (TPSA) is 56.0 Å². The highest BCUT2D eigenvalue weighted by Crippen LogP contribution is 2.22. The second-order valence-electron chi connectivity index (χ2n) is 3.55. The molecular weight excluding hydrogens is 291 g/mol. The number of aromatic nitrogens is 2. The van der Waals surface area contributed by atoms with E-state index < -0.39 is 5.82 Å². The maximum Gasteiger partial charge on any atom is 0.234 e. The van der Waals surface area contributed by atoms with E-state index in [0.29, 0.717) is 10.0 Å². The van der Waals surface area contributed by atoms with Crippen LogP contribution in [0.5, 0.6) is 0 Å². The van der Waals surface area contributed by atoms with Crippen LogP contribution in [0, 0.1) is 5.82 Å². The van der Waals surface area contributed by atoms with Crippen molar-refractivity contribution >= 4 is 21.7 Å². The van der Waals surface area contributed by atoms with Gasteiger partial charge in [-0.15, -0.1) is 0 Å². The third kappa shape index (κ3) is 2.97. The zero-order valence-electron chi connectivity index (χ0n) is 8.91. The molecule has 6 heteroatoms. The molecule has 0 saturated heterocycles. The number of nitrogens with zero attached hydrogens (tertiary/aromatic N) is 2. The van der Waals surface area contributed by atoms with E-state index in [-0.39, 0.29) is 23.9 Å². The standard InChI is InChI=1S/C11H8BrFN2O2/c1-6(16)2-10-14-11(15-17-10)7-3-8(12)5-9(13)4-7/h3-5H,2H2,1H3. The SMILES string of the molecule is CC(=O)Cc1nc(-c2cc(F)cc(Br)c2)no1. The number of carbonyl (C=O) groups is 1. The van der Waals surface area contributed by atoms with Crippen molar-refractivity contribution in [2.45, 2.75) is 13.3 Å². The first kappa shape index (κ1) is 11.9. The molecule has 17 heavy (non-hydrogen) atoms. The first-order valence-electron chi connectivity index (χ1n) is 4.83. The summed E-state index contributed by atoms with van der Waals surface area (Å²) in [7, 11) is 0. The summed E-state index contributed by atoms with van der Waals surface area (Å²) in [5.41, 5.74) is 0.496. The minimum absolute atomic E-state index is 0.0689. The van der Waals surface area contributed by atoms with Crippen LogP contribution in [0.1, 0.15) is 12.8 Å². The number of hydrogen-bond acceptors (Lipinski definition) is 4. The summed E-state index contributed by atoms with van der Waals surface area (Å²) in [6, 6.07) is 4.30. The van der Waals surface area contributed by atoms with E-state index in [4.69, 9.17) is 4.52 Å². The van der Waals surface area contributed by atoms with E-state index in [9.17, 15) is 9.18 Å². The lowest BCUT2D eigenvalue weighted by molar-refractivity contribution is -0.116. The van der Waals surface area contributed by atoms with Gasteiger partial charge in [0.15, 0.2) is 0 Å². The Morgan fingerprint density at radius 2 is 2.24 bits per heavy atom. The highest BCUT2D eigenvalue weighted by molar-refractivity contribution is 9.10. The second kappa shape index (κ2) is 4.75. The van der Waals surface area contributed by atoms with Crippen LogP contribution in [0.2, 0.25) is 0 Å². The zero-order valence-corrected chi connectivity index (χ0v) is 10.5. The summed E-state index contributed by atoms with van der Waals surface area (Å²) in [4.78, 5) is 14.9. The van der Waals surface area contributed by atoms with Gasteiger partial charge in [0.25, 0.3) is 0 Å². The third-order valence-corrected chi connectivity index (χ3v) is 2.45. The van der Waals surface area contributed by atoms with Crippen LogP contribution in [-0.4, -0.2) is 15.9 Å². The molecule has 0 amide bonds. The lowest BCUT2D eigenvalue weighted by atomic mass is 10.2. The number of benzene rings is 1. The van der Waals surface area contributed by atoms with Crippen molar-refractivity contribution in [1.29, 1.82) is 0 Å². The largest absolute Gasteiger partial charge is 0.339 e. The fourth-order valence-electron chi connectivity index (χ4n) is 1.34. The second-order valence-corrected chi connectivity index (χ2v) is 4.46. The average Bonchev–Trinajstić information content (AvgIpc) is 2.63. The molecule has 2 rings (SSSR count). The van der Waals surface area contributed by atoms with Gasteiger partial charge in [0.1, 0.15) is 11.6 Å². The van der Waals surface area contributed by atoms with E-state index in [1.54, 1.807) is 6.07 Å². The molecule has 2 aromatic rings. The van der Waals surface area contributed by atoms with Gasteiger partial charge < -0.3 is 4.52 Å². The van der Waals surface area contributed by atoms with Crippen molar-refractivity contribution in [2.75, 3.05) is 0 Å². The molecule has 0 saturated carbocycles. The normalized spacial score (nSPS) is 10.5. The molecule has 0 fully saturated rings. The molecule has 1 heterocycles. The van der Waals surface area contributed by atoms with Gasteiger partial charge in [-0.3, -0.25) is 4.79 Å². The van der Waals surface area contributed by atoms with Crippen LogP contribution in [-0.2, 0) is 11.2 Å². The fourth-order valence-corrected chi connectivity index (χ4v) is 1.81. The van der Waals surface area contributed by atoms with Gasteiger partial charge in [0.05, 0.1) is 6.42 Å². The molecule has 0 aliphatic heterocycles. The summed E-state index contributed by atoms with van der Waals surface area (Å²) in [5.74, 6) is 0.0299. The first-order chi connectivity index (χ1) is 8.04. The zero-order chi connectivity index (χ0) is 12.4. The van der Waals surface area contributed by atoms with Crippen LogP contribution < -0.4 is 0 Å². The number of halogens is 2. The molecule has 0 radical (unpaired) electrons. The van der Waals surface area contributed by atoms with Gasteiger partial charge >= 0.3 is 0 Å². The molecule has 0 aliphatic rings. The van der Waals surface area contributed by atoms with Gasteiger partial charge in [0, 0.05) is 10.0 Å². The minimum atomic E-state index is -0.396. The Bertz CT molecular complexity index is 548. The van der Waals surface area contributed by atoms with Gasteiger partial charge in [0.2, 0.25) is 11.7 Å². The molecule has 0 spiro atoms. The van der Waals surface area contributed by atoms with Crippen LogP contribution in [0.3, 0.4) is 0 Å². The Hall–Kier alpha value is -1.56. The predicted molar refractivity (Wildman–Crippen MR) is 61.8 cm³/mol. The molecule has 0 atom stereocenters. The molecule has 88 valence electrons. The molecule has 1 aromatic heterocycles. The van der Waals surface area contributed by atoms with Gasteiger partial charge in [-0.1, -0.05) is 21.1 Å². The molecule has 0 bridgehead atoms.